The SMILES string of the molecule is CNc1ccc(-n2ncc3cccnc32)cc1. The molecular weight excluding hydrogens is 212 g/mol. The van der Waals surface area contributed by atoms with Crippen molar-refractivity contribution in [3.05, 3.63) is 48.8 Å². The molecule has 0 aliphatic carbocycles. The van der Waals surface area contributed by atoms with Gasteiger partial charge in [0.05, 0.1) is 11.9 Å². The minimum atomic E-state index is 0.879. The van der Waals surface area contributed by atoms with Gasteiger partial charge in [-0.15, -0.1) is 0 Å². The van der Waals surface area contributed by atoms with E-state index >= 15 is 0 Å². The van der Waals surface area contributed by atoms with Gasteiger partial charge in [0.15, 0.2) is 5.65 Å². The van der Waals surface area contributed by atoms with Crippen molar-refractivity contribution >= 4 is 16.7 Å². The highest BCUT2D eigenvalue weighted by Gasteiger charge is 2.04. The highest BCUT2D eigenvalue weighted by molar-refractivity contribution is 5.75. The summed E-state index contributed by atoms with van der Waals surface area (Å²) in [5.74, 6) is 0. The molecule has 0 spiro atoms. The zero-order valence-corrected chi connectivity index (χ0v) is 9.46. The van der Waals surface area contributed by atoms with Crippen LogP contribution in [-0.2, 0) is 0 Å². The van der Waals surface area contributed by atoms with Gasteiger partial charge in [-0.3, -0.25) is 0 Å². The molecule has 1 aromatic carbocycles. The van der Waals surface area contributed by atoms with Crippen LogP contribution in [0.15, 0.2) is 48.8 Å². The predicted molar refractivity (Wildman–Crippen MR) is 68.4 cm³/mol. The Morgan fingerprint density at radius 1 is 1.12 bits per heavy atom. The molecule has 0 atom stereocenters. The van der Waals surface area contributed by atoms with Crippen LogP contribution < -0.4 is 5.32 Å². The lowest BCUT2D eigenvalue weighted by molar-refractivity contribution is 0.897. The van der Waals surface area contributed by atoms with E-state index in [1.807, 2.05) is 54.3 Å². The zero-order valence-electron chi connectivity index (χ0n) is 9.46. The Bertz CT molecular complexity index is 640. The molecule has 17 heavy (non-hydrogen) atoms. The first kappa shape index (κ1) is 9.84. The van der Waals surface area contributed by atoms with Crippen molar-refractivity contribution in [3.63, 3.8) is 0 Å². The highest BCUT2D eigenvalue weighted by atomic mass is 15.3. The Hall–Kier alpha value is -2.36. The van der Waals surface area contributed by atoms with Crippen LogP contribution in [0.1, 0.15) is 0 Å². The minimum Gasteiger partial charge on any atom is -0.388 e. The zero-order chi connectivity index (χ0) is 11.7. The molecule has 0 bridgehead atoms. The normalized spacial score (nSPS) is 10.6. The number of rotatable bonds is 2. The van der Waals surface area contributed by atoms with E-state index in [1.165, 1.54) is 0 Å². The van der Waals surface area contributed by atoms with Gasteiger partial charge < -0.3 is 5.32 Å². The lowest BCUT2D eigenvalue weighted by atomic mass is 10.3. The number of aromatic nitrogens is 3. The van der Waals surface area contributed by atoms with Crippen molar-refractivity contribution in [2.75, 3.05) is 12.4 Å². The molecule has 84 valence electrons. The molecule has 4 nitrogen and oxygen atoms in total. The van der Waals surface area contributed by atoms with Crippen LogP contribution in [0.5, 0.6) is 0 Å². The second-order valence-electron chi connectivity index (χ2n) is 3.77. The standard InChI is InChI=1S/C13H12N4/c1-14-11-4-6-12(7-5-11)17-13-10(9-16-17)3-2-8-15-13/h2-9,14H,1H3. The number of anilines is 1. The molecule has 0 fully saturated rings. The average molecular weight is 224 g/mol. The number of fused-ring (bicyclic) bond motifs is 1. The summed E-state index contributed by atoms with van der Waals surface area (Å²) in [7, 11) is 1.90. The molecule has 4 heteroatoms. The molecule has 0 aliphatic rings. The van der Waals surface area contributed by atoms with Crippen LogP contribution in [0.3, 0.4) is 0 Å². The van der Waals surface area contributed by atoms with Crippen molar-refractivity contribution in [2.24, 2.45) is 0 Å². The van der Waals surface area contributed by atoms with Gasteiger partial charge in [0.25, 0.3) is 0 Å². The molecule has 3 aromatic rings. The van der Waals surface area contributed by atoms with Crippen molar-refractivity contribution in [3.8, 4) is 5.69 Å². The van der Waals surface area contributed by atoms with Crippen LogP contribution in [0.4, 0.5) is 5.69 Å². The van der Waals surface area contributed by atoms with Gasteiger partial charge in [0.1, 0.15) is 0 Å². The van der Waals surface area contributed by atoms with Crippen molar-refractivity contribution in [1.82, 2.24) is 14.8 Å². The van der Waals surface area contributed by atoms with Gasteiger partial charge >= 0.3 is 0 Å². The first-order valence-corrected chi connectivity index (χ1v) is 5.45. The number of pyridine rings is 1. The first-order valence-electron chi connectivity index (χ1n) is 5.45. The summed E-state index contributed by atoms with van der Waals surface area (Å²) < 4.78 is 1.84. The second kappa shape index (κ2) is 3.90. The molecule has 0 unspecified atom stereocenters. The number of benzene rings is 1. The maximum Gasteiger partial charge on any atom is 0.162 e. The summed E-state index contributed by atoms with van der Waals surface area (Å²) >= 11 is 0. The molecule has 0 radical (unpaired) electrons. The summed E-state index contributed by atoms with van der Waals surface area (Å²) in [6, 6.07) is 12.0. The fourth-order valence-corrected chi connectivity index (χ4v) is 1.82. The van der Waals surface area contributed by atoms with Crippen LogP contribution in [0, 0.1) is 0 Å². The Balaban J connectivity index is 2.13. The fraction of sp³-hybridized carbons (Fsp3) is 0.0769. The number of nitrogens with zero attached hydrogens (tertiary/aromatic N) is 3. The molecule has 0 saturated carbocycles. The average Bonchev–Trinajstić information content (AvgIpc) is 2.83. The summed E-state index contributed by atoms with van der Waals surface area (Å²) in [6.45, 7) is 0. The van der Waals surface area contributed by atoms with Gasteiger partial charge in [-0.25, -0.2) is 9.67 Å². The van der Waals surface area contributed by atoms with Crippen molar-refractivity contribution in [2.45, 2.75) is 0 Å². The number of hydrogen-bond donors (Lipinski definition) is 1. The Morgan fingerprint density at radius 2 is 1.94 bits per heavy atom. The van der Waals surface area contributed by atoms with Crippen LogP contribution in [-0.4, -0.2) is 21.8 Å². The van der Waals surface area contributed by atoms with E-state index in [0.717, 1.165) is 22.4 Å². The predicted octanol–water partition coefficient (Wildman–Crippen LogP) is 2.46. The maximum absolute atomic E-state index is 4.35. The molecular formula is C13H12N4. The molecule has 3 rings (SSSR count). The molecule has 2 heterocycles. The first-order chi connectivity index (χ1) is 8.38. The Labute approximate surface area is 98.9 Å². The molecule has 0 amide bonds. The van der Waals surface area contributed by atoms with E-state index in [4.69, 9.17) is 0 Å². The summed E-state index contributed by atoms with van der Waals surface area (Å²) in [5.41, 5.74) is 2.97. The summed E-state index contributed by atoms with van der Waals surface area (Å²) in [5, 5.41) is 8.49. The van der Waals surface area contributed by atoms with E-state index in [1.54, 1.807) is 6.20 Å². The van der Waals surface area contributed by atoms with Gasteiger partial charge in [-0.2, -0.15) is 5.10 Å². The van der Waals surface area contributed by atoms with Gasteiger partial charge in [0, 0.05) is 24.3 Å². The largest absolute Gasteiger partial charge is 0.388 e. The monoisotopic (exact) mass is 224 g/mol. The van der Waals surface area contributed by atoms with E-state index < -0.39 is 0 Å². The van der Waals surface area contributed by atoms with Crippen LogP contribution in [0.2, 0.25) is 0 Å². The lowest BCUT2D eigenvalue weighted by Gasteiger charge is -2.04. The van der Waals surface area contributed by atoms with Gasteiger partial charge in [-0.05, 0) is 36.4 Å². The van der Waals surface area contributed by atoms with E-state index in [9.17, 15) is 0 Å². The lowest BCUT2D eigenvalue weighted by Crippen LogP contribution is -1.97. The second-order valence-corrected chi connectivity index (χ2v) is 3.77. The third kappa shape index (κ3) is 1.63. The third-order valence-electron chi connectivity index (χ3n) is 2.73. The maximum atomic E-state index is 4.35. The molecule has 2 aromatic heterocycles. The van der Waals surface area contributed by atoms with Gasteiger partial charge in [-0.1, -0.05) is 0 Å². The number of hydrogen-bond acceptors (Lipinski definition) is 3. The summed E-state index contributed by atoms with van der Waals surface area (Å²) in [6.07, 6.45) is 3.61. The number of nitrogens with one attached hydrogen (secondary N) is 1. The Kier molecular flexibility index (Phi) is 2.26. The summed E-state index contributed by atoms with van der Waals surface area (Å²) in [4.78, 5) is 4.34. The topological polar surface area (TPSA) is 42.7 Å². The van der Waals surface area contributed by atoms with Crippen molar-refractivity contribution in [1.29, 1.82) is 0 Å². The molecule has 0 aliphatic heterocycles. The highest BCUT2D eigenvalue weighted by Crippen LogP contribution is 2.17. The van der Waals surface area contributed by atoms with E-state index in [-0.39, 0.29) is 0 Å². The third-order valence-corrected chi connectivity index (χ3v) is 2.73. The smallest absolute Gasteiger partial charge is 0.162 e. The van der Waals surface area contributed by atoms with Crippen molar-refractivity contribution < 1.29 is 0 Å². The quantitative estimate of drug-likeness (QED) is 0.727. The molecule has 0 saturated heterocycles. The minimum absolute atomic E-state index is 0.879. The van der Waals surface area contributed by atoms with Crippen LogP contribution in [0.25, 0.3) is 16.7 Å². The van der Waals surface area contributed by atoms with Crippen LogP contribution >= 0.6 is 0 Å². The fourth-order valence-electron chi connectivity index (χ4n) is 1.82. The molecule has 1 N–H and O–H groups in total. The van der Waals surface area contributed by atoms with E-state index in [2.05, 4.69) is 15.4 Å². The Morgan fingerprint density at radius 3 is 2.71 bits per heavy atom. The van der Waals surface area contributed by atoms with Gasteiger partial charge in [0.2, 0.25) is 0 Å². The van der Waals surface area contributed by atoms with E-state index in [0.29, 0.717) is 0 Å².